The maximum absolute atomic E-state index is 3.19. The Morgan fingerprint density at radius 3 is 1.42 bits per heavy atom. The van der Waals surface area contributed by atoms with Gasteiger partial charge in [-0.05, 0) is 0 Å². The van der Waals surface area contributed by atoms with Crippen molar-refractivity contribution in [3.8, 4) is 0 Å². The topological polar surface area (TPSA) is 0 Å². The Balaban J connectivity index is 0.000000194. The molecule has 0 radical (unpaired) electrons. The van der Waals surface area contributed by atoms with Crippen molar-refractivity contribution in [2.45, 2.75) is 20.3 Å². The van der Waals surface area contributed by atoms with E-state index in [1.54, 1.807) is 0 Å². The summed E-state index contributed by atoms with van der Waals surface area (Å²) in [7, 11) is 0. The van der Waals surface area contributed by atoms with Crippen LogP contribution in [0.4, 0.5) is 0 Å². The third-order valence-electron chi connectivity index (χ3n) is 5.76. The van der Waals surface area contributed by atoms with Gasteiger partial charge in [-0.3, -0.25) is 6.08 Å². The molecule has 0 saturated heterocycles. The molecule has 0 amide bonds. The zero-order valence-corrected chi connectivity index (χ0v) is 24.5. The first-order chi connectivity index (χ1) is 16.6. The Labute approximate surface area is 242 Å². The van der Waals surface area contributed by atoms with E-state index in [-0.39, 0.29) is 24.8 Å². The standard InChI is InChI=1S/C13H9.C13H10.C7H9.2ClH.Zr/c1-3-7-12-10(5-1)9-11-6-2-4-8-13(11)12;1-3-7-12(8-4-1)11-13-9-5-2-6-10-13;1-6-3-4-7(2)5-6;;;/h1-9H;1-10H;5H,3H2,1-2H3;2*1H;/q-1;;-1;;;+2/p-2. The minimum Gasteiger partial charge on any atom is -0.126 e. The normalized spacial score (nSPS) is 11.6. The van der Waals surface area contributed by atoms with E-state index in [1.807, 2.05) is 0 Å². The van der Waals surface area contributed by atoms with E-state index in [2.05, 4.69) is 141 Å². The fourth-order valence-electron chi connectivity index (χ4n) is 4.03. The molecule has 6 rings (SSSR count). The average molecular weight is 587 g/mol. The number of halogens is 2. The summed E-state index contributed by atoms with van der Waals surface area (Å²) in [4.78, 5) is 0. The Morgan fingerprint density at radius 1 is 0.639 bits per heavy atom. The molecule has 0 spiro atoms. The minimum absolute atomic E-state index is 0. The molecule has 0 atom stereocenters. The van der Waals surface area contributed by atoms with E-state index in [1.165, 1.54) is 71.3 Å². The molecule has 0 heterocycles. The van der Waals surface area contributed by atoms with Crippen LogP contribution in [-0.4, -0.2) is 3.21 Å². The predicted octanol–water partition coefficient (Wildman–Crippen LogP) is 2.61. The van der Waals surface area contributed by atoms with Crippen molar-refractivity contribution in [2.75, 3.05) is 0 Å². The van der Waals surface area contributed by atoms with Crippen LogP contribution in [0.15, 0.2) is 132 Å². The van der Waals surface area contributed by atoms with Gasteiger partial charge in [0.2, 0.25) is 0 Å². The summed E-state index contributed by atoms with van der Waals surface area (Å²) in [5, 5.41) is 5.39. The van der Waals surface area contributed by atoms with Gasteiger partial charge in [-0.2, -0.15) is 5.57 Å². The van der Waals surface area contributed by atoms with Gasteiger partial charge < -0.3 is 24.8 Å². The second-order valence-electron chi connectivity index (χ2n) is 8.45. The van der Waals surface area contributed by atoms with Gasteiger partial charge in [0.25, 0.3) is 0 Å². The molecule has 5 aromatic rings. The molecule has 0 N–H and O–H groups in total. The summed E-state index contributed by atoms with van der Waals surface area (Å²) < 4.78 is 1.42. The maximum Gasteiger partial charge on any atom is -0.0771 e. The van der Waals surface area contributed by atoms with Crippen LogP contribution < -0.4 is 24.8 Å². The summed E-state index contributed by atoms with van der Waals surface area (Å²) in [6, 6.07) is 40.4. The largest absolute Gasteiger partial charge is 0.126 e. The SMILES string of the molecule is CC1=[C-]CC(C)=C1.[Cl-].[Cl-].[Zr+2]=[C](c1ccccc1)c1ccccc1.c1ccc2c(c1)[cH-]c1ccccc12. The van der Waals surface area contributed by atoms with Crippen LogP contribution in [-0.2, 0) is 24.2 Å². The van der Waals surface area contributed by atoms with Gasteiger partial charge in [0.15, 0.2) is 0 Å². The second kappa shape index (κ2) is 15.0. The average Bonchev–Trinajstić information content (AvgIpc) is 3.47. The molecule has 0 aliphatic heterocycles. The summed E-state index contributed by atoms with van der Waals surface area (Å²) >= 11 is 1.46. The number of benzene rings is 4. The smallest absolute Gasteiger partial charge is 0.0771 e. The van der Waals surface area contributed by atoms with Crippen LogP contribution in [0, 0.1) is 6.08 Å². The van der Waals surface area contributed by atoms with E-state index in [4.69, 9.17) is 0 Å². The molecule has 0 unspecified atom stereocenters. The monoisotopic (exact) mass is 584 g/mol. The first-order valence-electron chi connectivity index (χ1n) is 11.6. The molecule has 0 aromatic heterocycles. The fraction of sp³-hybridized carbons (Fsp3) is 0.0909. The quantitative estimate of drug-likeness (QED) is 0.279. The van der Waals surface area contributed by atoms with Crippen molar-refractivity contribution in [1.29, 1.82) is 0 Å². The summed E-state index contributed by atoms with van der Waals surface area (Å²) in [5.74, 6) is 0. The molecule has 0 nitrogen and oxygen atoms in total. The van der Waals surface area contributed by atoms with Crippen LogP contribution in [0.2, 0.25) is 0 Å². The molecule has 1 aliphatic carbocycles. The van der Waals surface area contributed by atoms with E-state index < -0.39 is 0 Å². The number of allylic oxidation sites excluding steroid dienone is 4. The second-order valence-corrected chi connectivity index (χ2v) is 9.68. The summed E-state index contributed by atoms with van der Waals surface area (Å²) in [6.45, 7) is 4.21. The summed E-state index contributed by atoms with van der Waals surface area (Å²) in [5.41, 5.74) is 5.38. The van der Waals surface area contributed by atoms with Crippen LogP contribution >= 0.6 is 0 Å². The van der Waals surface area contributed by atoms with E-state index >= 15 is 0 Å². The molecular formula is C33H28Cl2Zr-2. The molecule has 0 fully saturated rings. The molecule has 0 bridgehead atoms. The van der Waals surface area contributed by atoms with Crippen LogP contribution in [0.3, 0.4) is 0 Å². The van der Waals surface area contributed by atoms with Crippen molar-refractivity contribution in [2.24, 2.45) is 0 Å². The number of hydrogen-bond donors (Lipinski definition) is 0. The third-order valence-corrected chi connectivity index (χ3v) is 7.18. The van der Waals surface area contributed by atoms with Crippen LogP contribution in [0.1, 0.15) is 31.4 Å². The maximum atomic E-state index is 3.19. The molecule has 1 aliphatic rings. The van der Waals surface area contributed by atoms with Crippen molar-refractivity contribution in [1.82, 2.24) is 0 Å². The summed E-state index contributed by atoms with van der Waals surface area (Å²) in [6.07, 6.45) is 6.41. The van der Waals surface area contributed by atoms with Gasteiger partial charge in [0.1, 0.15) is 0 Å². The number of rotatable bonds is 2. The van der Waals surface area contributed by atoms with Crippen molar-refractivity contribution < 1.29 is 49.0 Å². The van der Waals surface area contributed by atoms with Gasteiger partial charge in [-0.15, -0.1) is 46.2 Å². The molecule has 36 heavy (non-hydrogen) atoms. The van der Waals surface area contributed by atoms with E-state index in [0.29, 0.717) is 0 Å². The van der Waals surface area contributed by atoms with Gasteiger partial charge in [0, 0.05) is 0 Å². The molecule has 5 aromatic carbocycles. The zero-order valence-electron chi connectivity index (χ0n) is 20.5. The van der Waals surface area contributed by atoms with Gasteiger partial charge in [-0.1, -0.05) is 50.2 Å². The fourth-order valence-corrected chi connectivity index (χ4v) is 4.85. The van der Waals surface area contributed by atoms with Crippen molar-refractivity contribution >= 4 is 24.8 Å². The Hall–Kier alpha value is -2.44. The van der Waals surface area contributed by atoms with Crippen LogP contribution in [0.25, 0.3) is 21.5 Å². The Kier molecular flexibility index (Phi) is 12.4. The van der Waals surface area contributed by atoms with Crippen molar-refractivity contribution in [3.63, 3.8) is 0 Å². The number of fused-ring (bicyclic) bond motifs is 3. The Morgan fingerprint density at radius 2 is 1.06 bits per heavy atom. The molecular weight excluding hydrogens is 558 g/mol. The van der Waals surface area contributed by atoms with E-state index in [9.17, 15) is 0 Å². The molecule has 3 heteroatoms. The predicted molar refractivity (Wildman–Crippen MR) is 144 cm³/mol. The van der Waals surface area contributed by atoms with E-state index in [0.717, 1.165) is 6.42 Å². The zero-order chi connectivity index (χ0) is 23.8. The molecule has 0 saturated carbocycles. The number of hydrogen-bond acceptors (Lipinski definition) is 0. The van der Waals surface area contributed by atoms with Crippen molar-refractivity contribution in [3.05, 3.63) is 150 Å². The van der Waals surface area contributed by atoms with Crippen LogP contribution in [0.5, 0.6) is 0 Å². The Bertz CT molecular complexity index is 1350. The first kappa shape index (κ1) is 29.8. The van der Waals surface area contributed by atoms with Gasteiger partial charge in [-0.25, -0.2) is 11.6 Å². The minimum atomic E-state index is 0. The molecule has 180 valence electrons. The first-order valence-corrected chi connectivity index (χ1v) is 12.8. The van der Waals surface area contributed by atoms with Gasteiger partial charge >= 0.3 is 99.2 Å². The van der Waals surface area contributed by atoms with Gasteiger partial charge in [0.05, 0.1) is 0 Å². The third kappa shape index (κ3) is 8.04.